The van der Waals surface area contributed by atoms with E-state index in [1.54, 1.807) is 0 Å². The lowest BCUT2D eigenvalue weighted by atomic mass is 9.63. The van der Waals surface area contributed by atoms with Gasteiger partial charge in [-0.1, -0.05) is 45.0 Å². The van der Waals surface area contributed by atoms with E-state index in [9.17, 15) is 40.3 Å². The van der Waals surface area contributed by atoms with Gasteiger partial charge in [-0.25, -0.2) is 13.8 Å². The van der Waals surface area contributed by atoms with Gasteiger partial charge < -0.3 is 21.1 Å². The molecule has 3 atom stereocenters. The minimum atomic E-state index is -4.79. The molecule has 2 aromatic carbocycles. The number of aliphatic hydroxyl groups excluding tert-OH is 1. The second-order valence-corrected chi connectivity index (χ2v) is 15.2. The number of aromatic nitrogens is 1. The van der Waals surface area contributed by atoms with E-state index < -0.39 is 74.1 Å². The Morgan fingerprint density at radius 2 is 1.64 bits per heavy atom. The Kier molecular flexibility index (Phi) is 14.3. The number of hydrogen-bond donors (Lipinski definition) is 4. The molecule has 0 bridgehead atoms. The van der Waals surface area contributed by atoms with Crippen LogP contribution in [0.2, 0.25) is 0 Å². The Morgan fingerprint density at radius 3 is 2.20 bits per heavy atom. The van der Waals surface area contributed by atoms with Gasteiger partial charge in [0, 0.05) is 55.6 Å². The number of halogens is 5. The van der Waals surface area contributed by atoms with E-state index >= 15 is 4.79 Å². The molecule has 16 heteroatoms. The number of hydrogen-bond acceptors (Lipinski definition) is 7. The number of rotatable bonds is 18. The maximum Gasteiger partial charge on any atom is 0.417 e. The summed E-state index contributed by atoms with van der Waals surface area (Å²) in [6.45, 7) is 6.31. The van der Waals surface area contributed by atoms with Crippen molar-refractivity contribution in [2.24, 2.45) is 17.1 Å². The first-order chi connectivity index (χ1) is 25.9. The van der Waals surface area contributed by atoms with Crippen LogP contribution in [0.15, 0.2) is 89.2 Å². The maximum atomic E-state index is 15.0. The number of nitrogens with zero attached hydrogens (tertiary/aromatic N) is 2. The first kappa shape index (κ1) is 43.1. The van der Waals surface area contributed by atoms with Crippen molar-refractivity contribution in [2.75, 3.05) is 19.6 Å². The molecule has 3 aromatic rings. The zero-order valence-electron chi connectivity index (χ0n) is 30.8. The zero-order chi connectivity index (χ0) is 40.6. The third-order valence-corrected chi connectivity index (χ3v) is 10.7. The zero-order valence-corrected chi connectivity index (χ0v) is 31.6. The van der Waals surface area contributed by atoms with Crippen LogP contribution >= 0.6 is 0 Å². The van der Waals surface area contributed by atoms with Crippen molar-refractivity contribution in [3.63, 3.8) is 0 Å². The van der Waals surface area contributed by atoms with Crippen LogP contribution in [0.25, 0.3) is 0 Å². The number of primary amides is 1. The SMILES string of the molecule is CCCN(CCC)C(=O)C1([C@H](Cc2cc(F)cc(F)c2)[C@@H](O)CNCc2cccc(CC)c2)C=C(NS(=O)(=O)c2ccc(C(F)(F)F)cn2)C=C(C(N)=O)C1. The molecule has 1 heterocycles. The van der Waals surface area contributed by atoms with E-state index in [0.29, 0.717) is 43.8 Å². The fourth-order valence-corrected chi connectivity index (χ4v) is 7.82. The Hall–Kier alpha value is -4.67. The molecular weight excluding hydrogens is 746 g/mol. The highest BCUT2D eigenvalue weighted by Crippen LogP contribution is 2.46. The number of carbonyl (C=O) groups is 2. The predicted octanol–water partition coefficient (Wildman–Crippen LogP) is 5.56. The third kappa shape index (κ3) is 11.0. The molecule has 1 aliphatic rings. The monoisotopic (exact) mass is 791 g/mol. The van der Waals surface area contributed by atoms with Gasteiger partial charge in [0.25, 0.3) is 10.0 Å². The van der Waals surface area contributed by atoms with Gasteiger partial charge in [0.1, 0.15) is 11.6 Å². The van der Waals surface area contributed by atoms with Crippen LogP contribution < -0.4 is 15.8 Å². The van der Waals surface area contributed by atoms with Gasteiger partial charge in [-0.3, -0.25) is 14.3 Å². The Labute approximate surface area is 317 Å². The van der Waals surface area contributed by atoms with Crippen molar-refractivity contribution >= 4 is 21.8 Å². The summed E-state index contributed by atoms with van der Waals surface area (Å²) >= 11 is 0. The van der Waals surface area contributed by atoms with Crippen LogP contribution in [0.3, 0.4) is 0 Å². The Balaban J connectivity index is 1.89. The second kappa shape index (κ2) is 18.3. The number of alkyl halides is 3. The van der Waals surface area contributed by atoms with Crippen molar-refractivity contribution in [2.45, 2.75) is 76.7 Å². The molecule has 10 nitrogen and oxygen atoms in total. The quantitative estimate of drug-likeness (QED) is 0.123. The molecule has 298 valence electrons. The van der Waals surface area contributed by atoms with Crippen molar-refractivity contribution in [3.8, 4) is 0 Å². The Morgan fingerprint density at radius 1 is 0.982 bits per heavy atom. The summed E-state index contributed by atoms with van der Waals surface area (Å²) in [6.07, 6.45) is -2.48. The maximum absolute atomic E-state index is 15.0. The standard InChI is InChI=1S/C39H46F5N5O5S/c1-4-12-49(13-5-2)37(52)38(20-28(36(45)51)18-32(21-38)48-55(53,54)35-11-10-29(23-47-35)39(42,43)44)33(17-27-15-30(40)19-31(41)16-27)34(50)24-46-22-26-9-7-8-25(6-3)14-26/h7-11,14-16,18-19,21,23,33-34,46,48,50H,4-6,12-13,17,20,22,24H2,1-3H3,(H2,45,51)/t33-,34+,38?/m1/s1. The van der Waals surface area contributed by atoms with E-state index in [1.165, 1.54) is 11.0 Å². The van der Waals surface area contributed by atoms with E-state index in [0.717, 1.165) is 35.8 Å². The Bertz CT molecular complexity index is 1980. The molecule has 0 fully saturated rings. The van der Waals surface area contributed by atoms with Crippen LogP contribution in [0.5, 0.6) is 0 Å². The normalized spacial score (nSPS) is 17.2. The van der Waals surface area contributed by atoms with E-state index in [4.69, 9.17) is 5.73 Å². The minimum Gasteiger partial charge on any atom is -0.391 e. The van der Waals surface area contributed by atoms with Crippen molar-refractivity contribution in [1.82, 2.24) is 19.9 Å². The van der Waals surface area contributed by atoms with Gasteiger partial charge >= 0.3 is 6.18 Å². The highest BCUT2D eigenvalue weighted by atomic mass is 32.2. The summed E-state index contributed by atoms with van der Waals surface area (Å²) in [5, 5.41) is 14.5. The number of benzene rings is 2. The lowest BCUT2D eigenvalue weighted by Gasteiger charge is -2.45. The van der Waals surface area contributed by atoms with Gasteiger partial charge in [0.05, 0.1) is 17.1 Å². The van der Waals surface area contributed by atoms with Crippen molar-refractivity contribution in [3.05, 3.63) is 118 Å². The van der Waals surface area contributed by atoms with Crippen LogP contribution in [0, 0.1) is 23.0 Å². The molecule has 4 rings (SSSR count). The molecule has 0 aliphatic heterocycles. The van der Waals surface area contributed by atoms with Crippen LogP contribution in [-0.2, 0) is 45.2 Å². The summed E-state index contributed by atoms with van der Waals surface area (Å²) in [5.74, 6) is -4.72. The number of pyridine rings is 1. The summed E-state index contributed by atoms with van der Waals surface area (Å²) in [7, 11) is -4.75. The smallest absolute Gasteiger partial charge is 0.391 e. The number of nitrogens with two attached hydrogens (primary N) is 1. The number of sulfonamides is 1. The van der Waals surface area contributed by atoms with E-state index in [2.05, 4.69) is 15.0 Å². The van der Waals surface area contributed by atoms with E-state index in [1.807, 2.05) is 45.0 Å². The third-order valence-electron chi connectivity index (χ3n) is 9.39. The second-order valence-electron chi connectivity index (χ2n) is 13.6. The first-order valence-electron chi connectivity index (χ1n) is 17.9. The summed E-state index contributed by atoms with van der Waals surface area (Å²) in [6, 6.07) is 11.7. The fraction of sp³-hybridized carbons (Fsp3) is 0.410. The number of aryl methyl sites for hydroxylation is 1. The molecule has 0 saturated heterocycles. The van der Waals surface area contributed by atoms with E-state index in [-0.39, 0.29) is 42.9 Å². The molecule has 1 aromatic heterocycles. The number of nitrogens with one attached hydrogen (secondary N) is 2. The highest BCUT2D eigenvalue weighted by molar-refractivity contribution is 7.89. The highest BCUT2D eigenvalue weighted by Gasteiger charge is 2.51. The summed E-state index contributed by atoms with van der Waals surface area (Å²) < 4.78 is 98.2. The minimum absolute atomic E-state index is 0.0709. The molecule has 0 radical (unpaired) electrons. The largest absolute Gasteiger partial charge is 0.417 e. The van der Waals surface area contributed by atoms with Gasteiger partial charge in [0.15, 0.2) is 5.03 Å². The number of amides is 2. The number of allylic oxidation sites excluding steroid dienone is 1. The fourth-order valence-electron chi connectivity index (χ4n) is 6.85. The topological polar surface area (TPSA) is 155 Å². The van der Waals surface area contributed by atoms with Gasteiger partial charge in [-0.05, 0) is 85.2 Å². The van der Waals surface area contributed by atoms with Crippen LogP contribution in [0.4, 0.5) is 22.0 Å². The van der Waals surface area contributed by atoms with Crippen molar-refractivity contribution in [1.29, 1.82) is 0 Å². The molecule has 55 heavy (non-hydrogen) atoms. The summed E-state index contributed by atoms with van der Waals surface area (Å²) in [4.78, 5) is 33.0. The summed E-state index contributed by atoms with van der Waals surface area (Å²) in [5.41, 5.74) is 4.14. The number of aliphatic hydroxyl groups is 1. The molecule has 2 amide bonds. The van der Waals surface area contributed by atoms with Gasteiger partial charge in [-0.2, -0.15) is 21.6 Å². The lowest BCUT2D eigenvalue weighted by molar-refractivity contribution is -0.145. The molecule has 5 N–H and O–H groups in total. The predicted molar refractivity (Wildman–Crippen MR) is 196 cm³/mol. The number of carbonyl (C=O) groups excluding carboxylic acids is 2. The molecule has 1 unspecified atom stereocenters. The molecule has 1 aliphatic carbocycles. The molecule has 0 spiro atoms. The average Bonchev–Trinajstić information content (AvgIpc) is 3.12. The van der Waals surface area contributed by atoms with Crippen LogP contribution in [-0.4, -0.2) is 61.0 Å². The molecular formula is C39H46F5N5O5S. The van der Waals surface area contributed by atoms with Gasteiger partial charge in [0.2, 0.25) is 11.8 Å². The van der Waals surface area contributed by atoms with Crippen molar-refractivity contribution < 1.29 is 45.1 Å². The van der Waals surface area contributed by atoms with Crippen LogP contribution in [0.1, 0.15) is 62.3 Å². The van der Waals surface area contributed by atoms with Gasteiger partial charge in [-0.15, -0.1) is 0 Å². The first-order valence-corrected chi connectivity index (χ1v) is 19.4. The lowest BCUT2D eigenvalue weighted by Crippen LogP contribution is -2.54. The average molecular weight is 792 g/mol. The molecule has 0 saturated carbocycles.